The molecular weight excluding hydrogens is 1070 g/mol. The van der Waals surface area contributed by atoms with Crippen molar-refractivity contribution in [2.75, 3.05) is 0 Å². The van der Waals surface area contributed by atoms with Crippen molar-refractivity contribution in [1.29, 1.82) is 0 Å². The largest absolute Gasteiger partial charge is 0.478 e. The van der Waals surface area contributed by atoms with Crippen LogP contribution < -0.4 is 0 Å². The van der Waals surface area contributed by atoms with Gasteiger partial charge in [0.2, 0.25) is 5.78 Å². The van der Waals surface area contributed by atoms with E-state index in [-0.39, 0.29) is 62.1 Å². The summed E-state index contributed by atoms with van der Waals surface area (Å²) in [5.74, 6) is -3.46. The Morgan fingerprint density at radius 1 is 0.723 bits per heavy atom. The van der Waals surface area contributed by atoms with Gasteiger partial charge in [-0.1, -0.05) is 96.8 Å². The fourth-order valence-corrected chi connectivity index (χ4v) is 15.7. The lowest BCUT2D eigenvalue weighted by molar-refractivity contribution is -0.356. The van der Waals surface area contributed by atoms with E-state index in [2.05, 4.69) is 33.4 Å². The first-order valence-corrected chi connectivity index (χ1v) is 31.8. The molecule has 0 aromatic rings. The minimum atomic E-state index is -1.09. The number of Topliss-reactive ketones (excluding diaryl/α,β-unsaturated/α-hetero) is 2. The van der Waals surface area contributed by atoms with Crippen molar-refractivity contribution < 1.29 is 86.3 Å². The molecule has 8 saturated heterocycles. The van der Waals surface area contributed by atoms with E-state index in [0.29, 0.717) is 51.4 Å². The van der Waals surface area contributed by atoms with Crippen LogP contribution in [0.1, 0.15) is 209 Å². The molecular formula is C65H96O18. The standard InChI is InChI=1S/C65H96O18/c1-10-11-12-13-14-15-16-17-18-19-20-22-42(67)60(72)78-49-35-63(7)51(33-48-58(82-63)38(3)29-56(69)77-48)75-44(49)28-37(2)57-41(66)24-26-62(6)52(79-57)34-53-64(8,83-62)36-55-61(5,81-53)25-21-23-43-45(76-55)31-47-46(74-43)32-54-65(9,80-47)50(68)30-40(73-54)27-39(4)59(70)71/h21,23,29,37,40,43-55,57-58,68H,4,10-20,22,24-28,30-36H2,1-3,5-9H3,(H,70,71)/b23-21-/t37-,40-,43-,44+,45+,46+,47-,48+,49-,50+,51-,52+,53-,54-,55-,57-,58-,61+,62-,63+,64+,65+/m1/s1. The maximum Gasteiger partial charge on any atom is 0.374 e. The zero-order valence-corrected chi connectivity index (χ0v) is 50.7. The molecule has 8 fully saturated rings. The predicted molar refractivity (Wildman–Crippen MR) is 302 cm³/mol. The van der Waals surface area contributed by atoms with E-state index in [1.54, 1.807) is 0 Å². The third-order valence-corrected chi connectivity index (χ3v) is 20.9. The fraction of sp³-hybridized carbons (Fsp3) is 0.831. The molecule has 464 valence electrons. The number of esters is 2. The molecule has 10 aliphatic rings. The first kappa shape index (κ1) is 62.6. The third kappa shape index (κ3) is 13.4. The molecule has 0 radical (unpaired) electrons. The predicted octanol–water partition coefficient (Wildman–Crippen LogP) is 9.34. The summed E-state index contributed by atoms with van der Waals surface area (Å²) < 4.78 is 74.2. The number of unbranched alkanes of at least 4 members (excludes halogenated alkanes) is 10. The van der Waals surface area contributed by atoms with Gasteiger partial charge < -0.3 is 62.3 Å². The van der Waals surface area contributed by atoms with Crippen LogP contribution in [0.2, 0.25) is 0 Å². The van der Waals surface area contributed by atoms with Crippen molar-refractivity contribution >= 4 is 29.5 Å². The summed E-state index contributed by atoms with van der Waals surface area (Å²) in [5.41, 5.74) is -3.64. The Labute approximate surface area is 491 Å². The minimum Gasteiger partial charge on any atom is -0.478 e. The number of aliphatic carboxylic acids is 1. The highest BCUT2D eigenvalue weighted by Crippen LogP contribution is 2.54. The minimum absolute atomic E-state index is 0.0304. The van der Waals surface area contributed by atoms with Crippen molar-refractivity contribution in [3.63, 3.8) is 0 Å². The zero-order chi connectivity index (χ0) is 59.2. The Morgan fingerprint density at radius 2 is 1.42 bits per heavy atom. The lowest BCUT2D eigenvalue weighted by Crippen LogP contribution is -2.70. The zero-order valence-electron chi connectivity index (χ0n) is 50.7. The highest BCUT2D eigenvalue weighted by Gasteiger charge is 2.64. The van der Waals surface area contributed by atoms with E-state index in [4.69, 9.17) is 52.1 Å². The average Bonchev–Trinajstić information content (AvgIpc) is 2.92. The monoisotopic (exact) mass is 1160 g/mol. The van der Waals surface area contributed by atoms with E-state index >= 15 is 0 Å². The number of aliphatic hydroxyl groups excluding tert-OH is 1. The number of ketones is 2. The number of carboxylic acid groups (broad SMARTS) is 1. The van der Waals surface area contributed by atoms with Gasteiger partial charge >= 0.3 is 17.9 Å². The van der Waals surface area contributed by atoms with Crippen LogP contribution in [0.4, 0.5) is 0 Å². The normalized spacial score (nSPS) is 44.5. The molecule has 0 spiro atoms. The second-order valence-electron chi connectivity index (χ2n) is 27.6. The fourth-order valence-electron chi connectivity index (χ4n) is 15.7. The third-order valence-electron chi connectivity index (χ3n) is 20.9. The van der Waals surface area contributed by atoms with Crippen molar-refractivity contribution in [3.8, 4) is 0 Å². The molecule has 0 amide bonds. The number of fused-ring (bicyclic) bond motifs is 8. The lowest BCUT2D eigenvalue weighted by Gasteiger charge is -2.60. The summed E-state index contributed by atoms with van der Waals surface area (Å²) in [7, 11) is 0. The van der Waals surface area contributed by atoms with E-state index in [0.717, 1.165) is 24.8 Å². The molecule has 0 unspecified atom stereocenters. The summed E-state index contributed by atoms with van der Waals surface area (Å²) in [6.45, 7) is 19.7. The van der Waals surface area contributed by atoms with Crippen molar-refractivity contribution in [2.45, 2.75) is 335 Å². The van der Waals surface area contributed by atoms with Gasteiger partial charge in [0.05, 0.1) is 89.5 Å². The highest BCUT2D eigenvalue weighted by atomic mass is 16.6. The molecule has 2 N–H and O–H groups in total. The second-order valence-corrected chi connectivity index (χ2v) is 27.6. The summed E-state index contributed by atoms with van der Waals surface area (Å²) in [4.78, 5) is 65.8. The number of aliphatic hydroxyl groups is 1. The average molecular weight is 1170 g/mol. The van der Waals surface area contributed by atoms with Gasteiger partial charge in [-0.05, 0) is 78.7 Å². The van der Waals surface area contributed by atoms with Crippen LogP contribution in [0.15, 0.2) is 36.0 Å². The SMILES string of the molecule is C=C(C[C@@H]1C[C@H](O)[C@]2(C)O[C@@H]3C[C@@H]4O[C@@H]5C[C@]6(C)O[C@]7(C)CCC(=O)[C@@H]([C@H](C)C[C@@H]8O[C@@H]9C[C@@H]%10OC(=O)C=C(C)[C@H]%10O[C@@]9(C)C[C@H]8OC(=O)C(=O)CCCCCCCCCCCCC)O[C@H]7C[C@H]6O[C@@]5(C)C/C=C\[C@H]4O[C@H]3C[C@H]2O1)C(=O)O. The van der Waals surface area contributed by atoms with Crippen molar-refractivity contribution in [3.05, 3.63) is 36.0 Å². The Bertz CT molecular complexity index is 2460. The molecule has 83 heavy (non-hydrogen) atoms. The summed E-state index contributed by atoms with van der Waals surface area (Å²) in [6.07, 6.45) is 13.6. The number of ether oxygens (including phenoxy) is 11. The molecule has 0 aromatic carbocycles. The number of hydrogen-bond acceptors (Lipinski definition) is 17. The van der Waals surface area contributed by atoms with Gasteiger partial charge in [-0.25, -0.2) is 14.4 Å². The number of hydrogen-bond donors (Lipinski definition) is 2. The smallest absolute Gasteiger partial charge is 0.374 e. The van der Waals surface area contributed by atoms with Crippen molar-refractivity contribution in [2.24, 2.45) is 5.92 Å². The first-order chi connectivity index (χ1) is 39.4. The Kier molecular flexibility index (Phi) is 19.1. The topological polar surface area (TPSA) is 227 Å². The van der Waals surface area contributed by atoms with E-state index in [1.807, 2.05) is 40.7 Å². The quantitative estimate of drug-likeness (QED) is 0.0380. The van der Waals surface area contributed by atoms with Crippen molar-refractivity contribution in [1.82, 2.24) is 0 Å². The van der Waals surface area contributed by atoms with E-state index in [9.17, 15) is 34.2 Å². The van der Waals surface area contributed by atoms with Crippen LogP contribution in [0.3, 0.4) is 0 Å². The van der Waals surface area contributed by atoms with Gasteiger partial charge in [0.15, 0.2) is 5.78 Å². The molecule has 10 rings (SSSR count). The number of rotatable bonds is 20. The summed E-state index contributed by atoms with van der Waals surface area (Å²) >= 11 is 0. The molecule has 10 heterocycles. The lowest BCUT2D eigenvalue weighted by atomic mass is 9.72. The van der Waals surface area contributed by atoms with Gasteiger partial charge in [-0.15, -0.1) is 0 Å². The Balaban J connectivity index is 0.786. The number of carbonyl (C=O) groups excluding carboxylic acids is 4. The molecule has 10 aliphatic heterocycles. The molecule has 18 heteroatoms. The molecule has 0 aromatic heterocycles. The second kappa shape index (κ2) is 25.3. The first-order valence-electron chi connectivity index (χ1n) is 31.8. The Hall–Kier alpha value is -3.43. The van der Waals surface area contributed by atoms with Gasteiger partial charge in [0.25, 0.3) is 0 Å². The van der Waals surface area contributed by atoms with Crippen LogP contribution in [-0.4, -0.2) is 165 Å². The van der Waals surface area contributed by atoms with Gasteiger partial charge in [-0.2, -0.15) is 0 Å². The van der Waals surface area contributed by atoms with E-state index in [1.165, 1.54) is 51.0 Å². The van der Waals surface area contributed by atoms with Crippen LogP contribution in [0.5, 0.6) is 0 Å². The molecule has 22 atom stereocenters. The Morgan fingerprint density at radius 3 is 2.14 bits per heavy atom. The molecule has 0 saturated carbocycles. The van der Waals surface area contributed by atoms with Crippen LogP contribution in [-0.2, 0) is 76.1 Å². The highest BCUT2D eigenvalue weighted by molar-refractivity contribution is 6.33. The molecule has 18 nitrogen and oxygen atoms in total. The van der Waals surface area contributed by atoms with Gasteiger partial charge in [0, 0.05) is 75.9 Å². The number of carbonyl (C=O) groups is 5. The maximum absolute atomic E-state index is 14.5. The molecule has 0 aliphatic carbocycles. The van der Waals surface area contributed by atoms with Crippen LogP contribution in [0.25, 0.3) is 0 Å². The summed E-state index contributed by atoms with van der Waals surface area (Å²) in [5, 5.41) is 21.0. The van der Waals surface area contributed by atoms with E-state index < -0.39 is 143 Å². The van der Waals surface area contributed by atoms with Gasteiger partial charge in [-0.3, -0.25) is 9.59 Å². The number of carboxylic acids is 1. The summed E-state index contributed by atoms with van der Waals surface area (Å²) in [6, 6.07) is 0. The van der Waals surface area contributed by atoms with Crippen LogP contribution in [0, 0.1) is 5.92 Å². The maximum atomic E-state index is 14.5. The van der Waals surface area contributed by atoms with Crippen LogP contribution >= 0.6 is 0 Å². The molecule has 0 bridgehead atoms. The van der Waals surface area contributed by atoms with Gasteiger partial charge in [0.1, 0.15) is 36.1 Å².